The molecule has 0 amide bonds. The summed E-state index contributed by atoms with van der Waals surface area (Å²) in [4.78, 5) is 17.0. The van der Waals surface area contributed by atoms with Gasteiger partial charge in [0.05, 0.1) is 6.26 Å². The molecule has 261 valence electrons. The molecule has 49 heavy (non-hydrogen) atoms. The fourth-order valence-corrected chi connectivity index (χ4v) is 6.24. The minimum atomic E-state index is -0.337. The van der Waals surface area contributed by atoms with Crippen LogP contribution in [0.1, 0.15) is 99.1 Å². The topological polar surface area (TPSA) is 76.5 Å². The molecule has 6 rings (SSSR count). The molecule has 0 bridgehead atoms. The third-order valence-corrected chi connectivity index (χ3v) is 10.7. The van der Waals surface area contributed by atoms with Crippen LogP contribution in [-0.2, 0) is 30.3 Å². The SMILES string of the molecule is CCC(C)(CC)C(=O)/C=C(\O)C(C)(CC)CC.Cc1coc2cc3oc4ccnc(-c5[c-]c6ccccc6c(C(C)(C)C)c5)c4c3cc12.[Ir]. The third kappa shape index (κ3) is 7.28. The molecule has 0 aliphatic carbocycles. The van der Waals surface area contributed by atoms with E-state index >= 15 is 0 Å². The molecule has 0 spiro atoms. The summed E-state index contributed by atoms with van der Waals surface area (Å²) in [7, 11) is 0. The van der Waals surface area contributed by atoms with Crippen LogP contribution in [-0.4, -0.2) is 15.9 Å². The molecule has 1 N–H and O–H groups in total. The Morgan fingerprint density at radius 3 is 2.12 bits per heavy atom. The van der Waals surface area contributed by atoms with Crippen LogP contribution in [0.4, 0.5) is 0 Å². The van der Waals surface area contributed by atoms with Gasteiger partial charge in [0.25, 0.3) is 0 Å². The summed E-state index contributed by atoms with van der Waals surface area (Å²) in [5.41, 5.74) is 6.15. The first-order valence-corrected chi connectivity index (χ1v) is 17.3. The normalized spacial score (nSPS) is 12.7. The Kier molecular flexibility index (Phi) is 11.4. The number of carbonyl (C=O) groups excluding carboxylic acids is 1. The van der Waals surface area contributed by atoms with Gasteiger partial charge in [-0.05, 0) is 55.7 Å². The van der Waals surface area contributed by atoms with E-state index < -0.39 is 0 Å². The van der Waals surface area contributed by atoms with E-state index in [9.17, 15) is 9.90 Å². The van der Waals surface area contributed by atoms with Gasteiger partial charge in [0.1, 0.15) is 22.5 Å². The van der Waals surface area contributed by atoms with Crippen molar-refractivity contribution in [3.63, 3.8) is 0 Å². The molecule has 5 nitrogen and oxygen atoms in total. The summed E-state index contributed by atoms with van der Waals surface area (Å²) in [5.74, 6) is 0.286. The van der Waals surface area contributed by atoms with Crippen molar-refractivity contribution in [2.45, 2.75) is 100 Å². The van der Waals surface area contributed by atoms with Crippen molar-refractivity contribution >= 4 is 49.5 Å². The number of aromatic nitrogens is 1. The Balaban J connectivity index is 0.000000260. The fraction of sp³-hybridized carbons (Fsp3) is 0.395. The van der Waals surface area contributed by atoms with Crippen molar-refractivity contribution < 1.29 is 38.8 Å². The number of hydrogen-bond donors (Lipinski definition) is 1. The molecule has 3 aromatic heterocycles. The second kappa shape index (κ2) is 14.6. The number of benzene rings is 3. The summed E-state index contributed by atoms with van der Waals surface area (Å²) in [5, 5.41) is 15.6. The summed E-state index contributed by atoms with van der Waals surface area (Å²) < 4.78 is 11.9. The van der Waals surface area contributed by atoms with Gasteiger partial charge in [0, 0.05) is 71.1 Å². The van der Waals surface area contributed by atoms with Gasteiger partial charge >= 0.3 is 0 Å². The number of carbonyl (C=O) groups is 1. The van der Waals surface area contributed by atoms with Crippen LogP contribution in [0.2, 0.25) is 0 Å². The molecule has 0 saturated heterocycles. The molecule has 1 radical (unpaired) electrons. The second-order valence-electron chi connectivity index (χ2n) is 14.7. The number of fused-ring (bicyclic) bond motifs is 5. The van der Waals surface area contributed by atoms with E-state index in [4.69, 9.17) is 13.8 Å². The number of rotatable bonds is 8. The first-order valence-electron chi connectivity index (χ1n) is 17.3. The van der Waals surface area contributed by atoms with Gasteiger partial charge in [-0.15, -0.1) is 29.1 Å². The van der Waals surface area contributed by atoms with Crippen molar-refractivity contribution in [2.24, 2.45) is 10.8 Å². The summed E-state index contributed by atoms with van der Waals surface area (Å²) in [6.07, 6.45) is 8.36. The third-order valence-electron chi connectivity index (χ3n) is 10.7. The molecule has 0 aliphatic rings. The minimum absolute atomic E-state index is 0. The first kappa shape index (κ1) is 38.1. The largest absolute Gasteiger partial charge is 0.512 e. The Labute approximate surface area is 304 Å². The maximum Gasteiger partial charge on any atom is 0.164 e. The number of aliphatic hydroxyl groups is 1. The number of aliphatic hydroxyl groups excluding tert-OH is 1. The Morgan fingerprint density at radius 1 is 0.837 bits per heavy atom. The van der Waals surface area contributed by atoms with Crippen LogP contribution < -0.4 is 0 Å². The number of allylic oxidation sites excluding steroid dienone is 2. The number of hydrogen-bond acceptors (Lipinski definition) is 5. The predicted octanol–water partition coefficient (Wildman–Crippen LogP) is 12.6. The van der Waals surface area contributed by atoms with Gasteiger partial charge in [-0.25, -0.2) is 0 Å². The second-order valence-corrected chi connectivity index (χ2v) is 14.7. The van der Waals surface area contributed by atoms with Gasteiger partial charge in [-0.3, -0.25) is 9.78 Å². The molecule has 3 heterocycles. The first-order chi connectivity index (χ1) is 22.7. The van der Waals surface area contributed by atoms with E-state index in [1.807, 2.05) is 59.9 Å². The average molecular weight is 837 g/mol. The predicted molar refractivity (Wildman–Crippen MR) is 200 cm³/mol. The van der Waals surface area contributed by atoms with Gasteiger partial charge in [0.2, 0.25) is 0 Å². The Bertz CT molecular complexity index is 2130. The fourth-order valence-electron chi connectivity index (χ4n) is 6.24. The number of ketones is 1. The van der Waals surface area contributed by atoms with E-state index in [2.05, 4.69) is 70.2 Å². The average Bonchev–Trinajstić information content (AvgIpc) is 3.64. The molecule has 6 heteroatoms. The standard InChI is InChI=1S/C28H22NO2.C15H28O2.Ir/c1-16-15-30-24-14-25-21(13-20(16)24)26-23(31-25)9-10-29-27(26)18-11-17-7-5-6-8-19(17)22(12-18)28(2,3)4;1-7-14(5,8-2)12(16)11-13(17)15(6,9-3)10-4;/h5-10,12-15H,1-4H3;11,16H,7-10H2,1-6H3;/q-1;;/b;12-11-;. The van der Waals surface area contributed by atoms with E-state index in [-0.39, 0.29) is 47.9 Å². The van der Waals surface area contributed by atoms with Crippen LogP contribution in [0.3, 0.4) is 0 Å². The van der Waals surface area contributed by atoms with Crippen LogP contribution in [0, 0.1) is 23.8 Å². The van der Waals surface area contributed by atoms with Crippen molar-refractivity contribution in [1.29, 1.82) is 0 Å². The molecule has 6 aromatic rings. The smallest absolute Gasteiger partial charge is 0.164 e. The van der Waals surface area contributed by atoms with Gasteiger partial charge in [-0.2, -0.15) is 0 Å². The van der Waals surface area contributed by atoms with Gasteiger partial charge in [0.15, 0.2) is 5.78 Å². The summed E-state index contributed by atoms with van der Waals surface area (Å²) in [6.45, 7) is 20.9. The zero-order valence-electron chi connectivity index (χ0n) is 30.6. The molecular weight excluding hydrogens is 787 g/mol. The summed E-state index contributed by atoms with van der Waals surface area (Å²) in [6, 6.07) is 20.4. The zero-order valence-corrected chi connectivity index (χ0v) is 33.0. The maximum absolute atomic E-state index is 12.2. The molecule has 0 unspecified atom stereocenters. The maximum atomic E-state index is 12.2. The van der Waals surface area contributed by atoms with Crippen LogP contribution in [0.25, 0.3) is 54.9 Å². The van der Waals surface area contributed by atoms with E-state index in [1.54, 1.807) is 6.26 Å². The molecular formula is C43H50IrNO4-. The van der Waals surface area contributed by atoms with Crippen molar-refractivity contribution in [1.82, 2.24) is 4.98 Å². The van der Waals surface area contributed by atoms with E-state index in [0.717, 1.165) is 80.8 Å². The number of aryl methyl sites for hydroxylation is 1. The van der Waals surface area contributed by atoms with Crippen LogP contribution in [0.5, 0.6) is 0 Å². The van der Waals surface area contributed by atoms with Crippen molar-refractivity contribution in [2.75, 3.05) is 0 Å². The molecule has 0 fully saturated rings. The van der Waals surface area contributed by atoms with Gasteiger partial charge in [-0.1, -0.05) is 91.5 Å². The van der Waals surface area contributed by atoms with E-state index in [0.29, 0.717) is 0 Å². The zero-order chi connectivity index (χ0) is 35.0. The van der Waals surface area contributed by atoms with Crippen LogP contribution in [0.15, 0.2) is 81.7 Å². The quantitative estimate of drug-likeness (QED) is 0.0939. The number of furan rings is 2. The monoisotopic (exact) mass is 837 g/mol. The van der Waals surface area contributed by atoms with Gasteiger partial charge < -0.3 is 13.9 Å². The Morgan fingerprint density at radius 2 is 1.49 bits per heavy atom. The van der Waals surface area contributed by atoms with Crippen molar-refractivity contribution in [3.8, 4) is 11.3 Å². The molecule has 0 atom stereocenters. The number of nitrogens with zero attached hydrogens (tertiary/aromatic N) is 1. The van der Waals surface area contributed by atoms with Crippen molar-refractivity contribution in [3.05, 3.63) is 90.0 Å². The minimum Gasteiger partial charge on any atom is -0.512 e. The Hall–Kier alpha value is -3.73. The molecule has 0 aliphatic heterocycles. The van der Waals surface area contributed by atoms with Crippen LogP contribution >= 0.6 is 0 Å². The number of pyridine rings is 1. The molecule has 0 saturated carbocycles. The molecule has 3 aromatic carbocycles. The van der Waals surface area contributed by atoms with E-state index in [1.165, 1.54) is 17.0 Å². The summed E-state index contributed by atoms with van der Waals surface area (Å²) >= 11 is 0.